The van der Waals surface area contributed by atoms with Gasteiger partial charge in [-0.15, -0.1) is 0 Å². The van der Waals surface area contributed by atoms with Gasteiger partial charge in [0, 0.05) is 22.7 Å². The van der Waals surface area contributed by atoms with Crippen LogP contribution in [0.1, 0.15) is 56.0 Å². The molecule has 0 heterocycles. The average molecular weight is 376 g/mol. The van der Waals surface area contributed by atoms with Gasteiger partial charge in [0.1, 0.15) is 11.5 Å². The zero-order chi connectivity index (χ0) is 20.7. The van der Waals surface area contributed by atoms with Crippen LogP contribution in [0.4, 0.5) is 5.69 Å². The topological polar surface area (TPSA) is 66.5 Å². The molecule has 0 aliphatic carbocycles. The predicted molar refractivity (Wildman–Crippen MR) is 116 cm³/mol. The molecule has 0 spiro atoms. The zero-order valence-electron chi connectivity index (χ0n) is 17.5. The fourth-order valence-electron chi connectivity index (χ4n) is 4.07. The van der Waals surface area contributed by atoms with Gasteiger partial charge >= 0.3 is 0 Å². The summed E-state index contributed by atoms with van der Waals surface area (Å²) in [6.07, 6.45) is 0. The van der Waals surface area contributed by atoms with Gasteiger partial charge < -0.3 is 15.9 Å². The molecule has 28 heavy (non-hydrogen) atoms. The summed E-state index contributed by atoms with van der Waals surface area (Å²) in [6.45, 7) is 11.9. The summed E-state index contributed by atoms with van der Waals surface area (Å²) in [5, 5.41) is 22.2. The molecule has 0 saturated heterocycles. The highest BCUT2D eigenvalue weighted by molar-refractivity contribution is 5.62. The first-order chi connectivity index (χ1) is 13.1. The van der Waals surface area contributed by atoms with Gasteiger partial charge in [0.05, 0.1) is 0 Å². The van der Waals surface area contributed by atoms with E-state index in [2.05, 4.69) is 12.1 Å². The monoisotopic (exact) mass is 375 g/mol. The van der Waals surface area contributed by atoms with Crippen molar-refractivity contribution in [2.45, 2.75) is 47.5 Å². The zero-order valence-corrected chi connectivity index (χ0v) is 17.5. The predicted octanol–water partition coefficient (Wildman–Crippen LogP) is 5.71. The van der Waals surface area contributed by atoms with E-state index in [1.165, 1.54) is 0 Å². The van der Waals surface area contributed by atoms with Crippen LogP contribution in [0.5, 0.6) is 11.5 Å². The first-order valence-electron chi connectivity index (χ1n) is 9.58. The lowest BCUT2D eigenvalue weighted by atomic mass is 9.78. The van der Waals surface area contributed by atoms with Gasteiger partial charge in [-0.3, -0.25) is 0 Å². The van der Waals surface area contributed by atoms with E-state index in [0.29, 0.717) is 5.69 Å². The summed E-state index contributed by atoms with van der Waals surface area (Å²) in [4.78, 5) is 0. The van der Waals surface area contributed by atoms with Crippen LogP contribution in [-0.2, 0) is 0 Å². The van der Waals surface area contributed by atoms with E-state index in [0.717, 1.165) is 50.1 Å². The van der Waals surface area contributed by atoms with E-state index < -0.39 is 0 Å². The number of phenolic OH excluding ortho intramolecular Hbond substituents is 2. The normalized spacial score (nSPS) is 11.2. The lowest BCUT2D eigenvalue weighted by Gasteiger charge is -2.27. The molecule has 0 fully saturated rings. The SMILES string of the molecule is Cc1cc(C)c(C(c2ccc(N)cc2)c2c(C)cc(C)c(C)c2O)c(O)c1C. The van der Waals surface area contributed by atoms with Crippen LogP contribution in [0.25, 0.3) is 0 Å². The molecular weight excluding hydrogens is 346 g/mol. The second-order valence-corrected chi connectivity index (χ2v) is 7.89. The number of rotatable bonds is 3. The standard InChI is InChI=1S/C25H29NO2/c1-13-11-15(3)21(24(27)17(13)5)23(19-7-9-20(26)10-8-19)22-16(4)12-14(2)18(6)25(22)28/h7-12,23,27-28H,26H2,1-6H3. The van der Waals surface area contributed by atoms with Crippen LogP contribution < -0.4 is 5.73 Å². The smallest absolute Gasteiger partial charge is 0.123 e. The van der Waals surface area contributed by atoms with Crippen molar-refractivity contribution in [1.82, 2.24) is 0 Å². The van der Waals surface area contributed by atoms with Crippen LogP contribution >= 0.6 is 0 Å². The summed E-state index contributed by atoms with van der Waals surface area (Å²) in [5.41, 5.74) is 15.1. The molecule has 3 aromatic carbocycles. The Morgan fingerprint density at radius 1 is 0.643 bits per heavy atom. The average Bonchev–Trinajstić information content (AvgIpc) is 2.64. The first-order valence-corrected chi connectivity index (χ1v) is 9.58. The van der Waals surface area contributed by atoms with Gasteiger partial charge in [-0.25, -0.2) is 0 Å². The van der Waals surface area contributed by atoms with E-state index in [1.54, 1.807) is 0 Å². The number of phenols is 2. The molecule has 3 rings (SSSR count). The fraction of sp³-hybridized carbons (Fsp3) is 0.280. The highest BCUT2D eigenvalue weighted by Gasteiger charge is 2.28. The largest absolute Gasteiger partial charge is 0.507 e. The summed E-state index contributed by atoms with van der Waals surface area (Å²) in [5.74, 6) is 0.284. The minimum absolute atomic E-state index is 0.288. The van der Waals surface area contributed by atoms with Crippen molar-refractivity contribution in [3.8, 4) is 11.5 Å². The number of hydrogen-bond acceptors (Lipinski definition) is 3. The minimum Gasteiger partial charge on any atom is -0.507 e. The highest BCUT2D eigenvalue weighted by Crippen LogP contribution is 2.46. The van der Waals surface area contributed by atoms with Crippen molar-refractivity contribution in [2.24, 2.45) is 0 Å². The Morgan fingerprint density at radius 3 is 1.43 bits per heavy atom. The number of aryl methyl sites for hydroxylation is 4. The molecule has 3 aromatic rings. The van der Waals surface area contributed by atoms with Crippen molar-refractivity contribution in [3.63, 3.8) is 0 Å². The molecule has 4 N–H and O–H groups in total. The number of nitrogen functional groups attached to an aromatic ring is 1. The third-order valence-corrected chi connectivity index (χ3v) is 5.97. The van der Waals surface area contributed by atoms with Crippen LogP contribution in [0.3, 0.4) is 0 Å². The molecule has 0 aromatic heterocycles. The van der Waals surface area contributed by atoms with Gasteiger partial charge in [0.15, 0.2) is 0 Å². The van der Waals surface area contributed by atoms with Gasteiger partial charge in [-0.2, -0.15) is 0 Å². The Labute approximate surface area is 167 Å². The molecule has 0 aliphatic rings. The van der Waals surface area contributed by atoms with Crippen LogP contribution in [0, 0.1) is 41.5 Å². The Kier molecular flexibility index (Phi) is 5.12. The molecule has 0 amide bonds. The quantitative estimate of drug-likeness (QED) is 0.406. The maximum atomic E-state index is 11.1. The number of hydrogen-bond donors (Lipinski definition) is 3. The minimum atomic E-state index is -0.292. The van der Waals surface area contributed by atoms with Gasteiger partial charge in [0.2, 0.25) is 0 Å². The van der Waals surface area contributed by atoms with Crippen LogP contribution in [0.2, 0.25) is 0 Å². The summed E-state index contributed by atoms with van der Waals surface area (Å²) < 4.78 is 0. The third kappa shape index (κ3) is 3.22. The summed E-state index contributed by atoms with van der Waals surface area (Å²) >= 11 is 0. The van der Waals surface area contributed by atoms with E-state index in [4.69, 9.17) is 5.73 Å². The third-order valence-electron chi connectivity index (χ3n) is 5.97. The molecule has 0 atom stereocenters. The Morgan fingerprint density at radius 2 is 1.04 bits per heavy atom. The van der Waals surface area contributed by atoms with Gasteiger partial charge in [0.25, 0.3) is 0 Å². The van der Waals surface area contributed by atoms with Crippen LogP contribution in [0.15, 0.2) is 36.4 Å². The van der Waals surface area contributed by atoms with Crippen molar-refractivity contribution in [2.75, 3.05) is 5.73 Å². The van der Waals surface area contributed by atoms with E-state index in [1.807, 2.05) is 65.8 Å². The first kappa shape index (κ1) is 19.8. The maximum absolute atomic E-state index is 11.1. The van der Waals surface area contributed by atoms with Crippen molar-refractivity contribution in [1.29, 1.82) is 0 Å². The Balaban J connectivity index is 2.42. The second-order valence-electron chi connectivity index (χ2n) is 7.89. The molecule has 146 valence electrons. The number of aromatic hydroxyl groups is 2. The van der Waals surface area contributed by atoms with E-state index in [9.17, 15) is 10.2 Å². The molecular formula is C25H29NO2. The number of anilines is 1. The molecule has 0 saturated carbocycles. The van der Waals surface area contributed by atoms with Crippen molar-refractivity contribution < 1.29 is 10.2 Å². The molecule has 0 aliphatic heterocycles. The highest BCUT2D eigenvalue weighted by atomic mass is 16.3. The molecule has 0 radical (unpaired) electrons. The molecule has 3 nitrogen and oxygen atoms in total. The summed E-state index contributed by atoms with van der Waals surface area (Å²) in [7, 11) is 0. The number of benzene rings is 3. The van der Waals surface area contributed by atoms with Crippen molar-refractivity contribution >= 4 is 5.69 Å². The molecule has 0 unspecified atom stereocenters. The lowest BCUT2D eigenvalue weighted by molar-refractivity contribution is 0.452. The maximum Gasteiger partial charge on any atom is 0.123 e. The molecule has 0 bridgehead atoms. The molecule has 3 heteroatoms. The van der Waals surface area contributed by atoms with E-state index in [-0.39, 0.29) is 17.4 Å². The van der Waals surface area contributed by atoms with E-state index >= 15 is 0 Å². The Hall–Kier alpha value is -2.94. The van der Waals surface area contributed by atoms with Crippen molar-refractivity contribution in [3.05, 3.63) is 86.5 Å². The second kappa shape index (κ2) is 7.23. The van der Waals surface area contributed by atoms with Gasteiger partial charge in [-0.05, 0) is 92.6 Å². The number of nitrogens with two attached hydrogens (primary N) is 1. The Bertz CT molecular complexity index is 986. The fourth-order valence-corrected chi connectivity index (χ4v) is 4.07. The van der Waals surface area contributed by atoms with Crippen LogP contribution in [-0.4, -0.2) is 10.2 Å². The summed E-state index contributed by atoms with van der Waals surface area (Å²) in [6, 6.07) is 11.9. The van der Waals surface area contributed by atoms with Gasteiger partial charge in [-0.1, -0.05) is 24.3 Å². The lowest BCUT2D eigenvalue weighted by Crippen LogP contribution is -2.10.